The van der Waals surface area contributed by atoms with Gasteiger partial charge in [0, 0.05) is 0 Å². The molecule has 0 saturated heterocycles. The monoisotopic (exact) mass is 682 g/mol. The quantitative estimate of drug-likeness (QED) is 0.108. The summed E-state index contributed by atoms with van der Waals surface area (Å²) in [6.45, 7) is -0.681. The first-order valence-electron chi connectivity index (χ1n) is 15.5. The Morgan fingerprint density at radius 3 is 1.10 bits per heavy atom. The molecule has 4 rings (SSSR count). The highest BCUT2D eigenvalue weighted by Crippen LogP contribution is 2.44. The van der Waals surface area contributed by atoms with Crippen LogP contribution in [0.15, 0.2) is 109 Å². The van der Waals surface area contributed by atoms with Gasteiger partial charge in [0.2, 0.25) is 0 Å². The van der Waals surface area contributed by atoms with Crippen molar-refractivity contribution < 1.29 is 40.4 Å². The number of hydrogen-bond donors (Lipinski definition) is 0. The SMILES string of the molecule is CN(C)C(CO[B]c1ccc(COCc2ccc([B]OCC(c3ccccc3)(N(C)C)C(F)(F)F)cc2)cc1)(c1ccccc1)C(F)(F)F. The molecule has 49 heavy (non-hydrogen) atoms. The molecule has 2 unspecified atom stereocenters. The van der Waals surface area contributed by atoms with Crippen LogP contribution in [-0.4, -0.2) is 78.5 Å². The Kier molecular flexibility index (Phi) is 12.8. The van der Waals surface area contributed by atoms with Crippen LogP contribution < -0.4 is 10.9 Å². The summed E-state index contributed by atoms with van der Waals surface area (Å²) in [5.41, 5.74) is -1.57. The second-order valence-electron chi connectivity index (χ2n) is 12.1. The van der Waals surface area contributed by atoms with Crippen LogP contribution in [0.25, 0.3) is 0 Å². The van der Waals surface area contributed by atoms with Gasteiger partial charge >= 0.3 is 27.3 Å². The number of hydrogen-bond acceptors (Lipinski definition) is 5. The fourth-order valence-corrected chi connectivity index (χ4v) is 5.56. The molecule has 0 saturated carbocycles. The molecule has 13 heteroatoms. The zero-order valence-corrected chi connectivity index (χ0v) is 27.8. The number of halogens is 6. The zero-order valence-electron chi connectivity index (χ0n) is 27.8. The minimum atomic E-state index is -4.59. The molecule has 2 radical (unpaired) electrons. The van der Waals surface area contributed by atoms with Gasteiger partial charge in [0.1, 0.15) is 0 Å². The van der Waals surface area contributed by atoms with E-state index in [0.717, 1.165) is 20.9 Å². The average Bonchev–Trinajstić information content (AvgIpc) is 3.06. The van der Waals surface area contributed by atoms with Crippen molar-refractivity contribution in [2.75, 3.05) is 41.4 Å². The summed E-state index contributed by atoms with van der Waals surface area (Å²) in [6, 6.07) is 29.5. The maximum Gasteiger partial charge on any atom is 0.413 e. The lowest BCUT2D eigenvalue weighted by molar-refractivity contribution is -0.239. The molecule has 0 aliphatic heterocycles. The van der Waals surface area contributed by atoms with Gasteiger partial charge < -0.3 is 14.0 Å². The Balaban J connectivity index is 1.26. The van der Waals surface area contributed by atoms with Gasteiger partial charge in [0.15, 0.2) is 11.1 Å². The molecule has 0 aromatic heterocycles. The fourth-order valence-electron chi connectivity index (χ4n) is 5.56. The van der Waals surface area contributed by atoms with E-state index in [2.05, 4.69) is 0 Å². The summed E-state index contributed by atoms with van der Waals surface area (Å²) >= 11 is 0. The Hall–Kier alpha value is -3.61. The second-order valence-corrected chi connectivity index (χ2v) is 12.1. The van der Waals surface area contributed by atoms with E-state index in [1.807, 2.05) is 0 Å². The van der Waals surface area contributed by atoms with E-state index in [1.165, 1.54) is 67.4 Å². The Bertz CT molecular complexity index is 1460. The molecule has 2 atom stereocenters. The molecule has 0 bridgehead atoms. The predicted molar refractivity (Wildman–Crippen MR) is 180 cm³/mol. The summed E-state index contributed by atoms with van der Waals surface area (Å²) in [5.74, 6) is 0. The summed E-state index contributed by atoms with van der Waals surface area (Å²) in [6.07, 6.45) is -9.17. The minimum Gasteiger partial charge on any atom is -0.432 e. The number of alkyl halides is 6. The van der Waals surface area contributed by atoms with Crippen molar-refractivity contribution in [2.24, 2.45) is 0 Å². The number of rotatable bonds is 16. The summed E-state index contributed by atoms with van der Waals surface area (Å²) < 4.78 is 103. The van der Waals surface area contributed by atoms with Gasteiger partial charge in [0.25, 0.3) is 0 Å². The Labute approximate surface area is 285 Å². The number of likely N-dealkylation sites (N-methyl/N-ethyl adjacent to an activating group) is 2. The van der Waals surface area contributed by atoms with Crippen molar-refractivity contribution in [3.8, 4) is 0 Å². The molecule has 0 fully saturated rings. The van der Waals surface area contributed by atoms with Crippen LogP contribution >= 0.6 is 0 Å². The molecular weight excluding hydrogens is 644 g/mol. The van der Waals surface area contributed by atoms with E-state index >= 15 is 0 Å². The topological polar surface area (TPSA) is 34.2 Å². The summed E-state index contributed by atoms with van der Waals surface area (Å²) in [7, 11) is 8.14. The summed E-state index contributed by atoms with van der Waals surface area (Å²) in [5, 5.41) is 0. The molecule has 0 aliphatic carbocycles. The highest BCUT2D eigenvalue weighted by molar-refractivity contribution is 6.47. The van der Waals surface area contributed by atoms with Crippen LogP contribution in [0, 0.1) is 0 Å². The molecule has 4 aromatic rings. The molecule has 0 aliphatic rings. The molecule has 0 amide bonds. The predicted octanol–water partition coefficient (Wildman–Crippen LogP) is 5.96. The second kappa shape index (κ2) is 16.4. The molecule has 0 N–H and O–H groups in total. The zero-order chi connectivity index (χ0) is 35.7. The number of nitrogens with zero attached hydrogens (tertiary/aromatic N) is 2. The summed E-state index contributed by atoms with van der Waals surface area (Å²) in [4.78, 5) is 2.24. The van der Waals surface area contributed by atoms with Gasteiger partial charge in [-0.1, -0.05) is 120 Å². The number of ether oxygens (including phenoxy) is 1. The molecule has 0 heterocycles. The molecule has 5 nitrogen and oxygen atoms in total. The van der Waals surface area contributed by atoms with E-state index in [-0.39, 0.29) is 24.3 Å². The van der Waals surface area contributed by atoms with Crippen LogP contribution in [-0.2, 0) is 38.3 Å². The van der Waals surface area contributed by atoms with Crippen LogP contribution in [0.2, 0.25) is 0 Å². The first-order chi connectivity index (χ1) is 23.2. The lowest BCUT2D eigenvalue weighted by atomic mass is 9.84. The van der Waals surface area contributed by atoms with Gasteiger partial charge in [0.05, 0.1) is 26.4 Å². The normalized spacial score (nSPS) is 14.8. The van der Waals surface area contributed by atoms with Gasteiger partial charge in [-0.2, -0.15) is 26.3 Å². The van der Waals surface area contributed by atoms with Gasteiger partial charge in [-0.25, -0.2) is 0 Å². The van der Waals surface area contributed by atoms with Crippen molar-refractivity contribution in [1.82, 2.24) is 9.80 Å². The third-order valence-corrected chi connectivity index (χ3v) is 8.49. The van der Waals surface area contributed by atoms with Crippen LogP contribution in [0.5, 0.6) is 0 Å². The number of benzene rings is 4. The molecule has 258 valence electrons. The highest BCUT2D eigenvalue weighted by Gasteiger charge is 2.59. The molecule has 0 spiro atoms. The van der Waals surface area contributed by atoms with E-state index in [4.69, 9.17) is 14.0 Å². The van der Waals surface area contributed by atoms with Crippen molar-refractivity contribution in [3.05, 3.63) is 131 Å². The highest BCUT2D eigenvalue weighted by atomic mass is 19.4. The Morgan fingerprint density at radius 2 is 0.816 bits per heavy atom. The van der Waals surface area contributed by atoms with Crippen LogP contribution in [0.4, 0.5) is 26.3 Å². The maximum atomic E-state index is 14.4. The standard InChI is InChI=1S/C36H38B2F6N2O3/c1-45(2)33(35(39,40)41,29-11-7-5-8-12-29)25-48-37-31-19-15-27(16-20-31)23-47-24-28-17-21-32(22-18-28)38-49-26-34(46(3)4,36(42,43)44)30-13-9-6-10-14-30/h5-22H,23-26H2,1-4H3. The van der Waals surface area contributed by atoms with Crippen molar-refractivity contribution >= 4 is 25.9 Å². The van der Waals surface area contributed by atoms with E-state index in [1.54, 1.807) is 84.9 Å². The van der Waals surface area contributed by atoms with E-state index < -0.39 is 36.6 Å². The van der Waals surface area contributed by atoms with Gasteiger partial charge in [-0.15, -0.1) is 0 Å². The molecule has 4 aromatic carbocycles. The van der Waals surface area contributed by atoms with E-state index in [0.29, 0.717) is 10.9 Å². The largest absolute Gasteiger partial charge is 0.432 e. The van der Waals surface area contributed by atoms with Crippen molar-refractivity contribution in [3.63, 3.8) is 0 Å². The van der Waals surface area contributed by atoms with Crippen molar-refractivity contribution in [1.29, 1.82) is 0 Å². The first-order valence-corrected chi connectivity index (χ1v) is 15.5. The average molecular weight is 682 g/mol. The first kappa shape index (κ1) is 38.2. The van der Waals surface area contributed by atoms with E-state index in [9.17, 15) is 26.3 Å². The minimum absolute atomic E-state index is 0.0883. The van der Waals surface area contributed by atoms with Gasteiger partial charge in [-0.3, -0.25) is 9.80 Å². The van der Waals surface area contributed by atoms with Crippen LogP contribution in [0.3, 0.4) is 0 Å². The maximum absolute atomic E-state index is 14.4. The Morgan fingerprint density at radius 1 is 0.490 bits per heavy atom. The third kappa shape index (κ3) is 8.95. The fraction of sp³-hybridized carbons (Fsp3) is 0.333. The third-order valence-electron chi connectivity index (χ3n) is 8.49. The van der Waals surface area contributed by atoms with Crippen LogP contribution in [0.1, 0.15) is 22.3 Å². The smallest absolute Gasteiger partial charge is 0.413 e. The lowest BCUT2D eigenvalue weighted by Crippen LogP contribution is -2.56. The molecular formula is C36H38B2F6N2O3. The lowest BCUT2D eigenvalue weighted by Gasteiger charge is -2.41. The van der Waals surface area contributed by atoms with Gasteiger partial charge in [-0.05, 0) is 50.4 Å². The van der Waals surface area contributed by atoms with Crippen molar-refractivity contribution in [2.45, 2.75) is 36.6 Å².